The van der Waals surface area contributed by atoms with Gasteiger partial charge in [0, 0.05) is 18.5 Å². The molecule has 0 aliphatic carbocycles. The van der Waals surface area contributed by atoms with E-state index < -0.39 is 17.4 Å². The summed E-state index contributed by atoms with van der Waals surface area (Å²) in [7, 11) is 0. The SMILES string of the molecule is Nc1c2c(cc(=O)n1-c1ccc(-n3cccn3)c(Cl)c1)C(=O)NC2=O. The molecule has 0 spiro atoms. The maximum Gasteiger partial charge on any atom is 0.262 e. The van der Waals surface area contributed by atoms with Crippen molar-refractivity contribution in [2.24, 2.45) is 0 Å². The van der Waals surface area contributed by atoms with E-state index in [-0.39, 0.29) is 16.9 Å². The third-order valence-corrected chi connectivity index (χ3v) is 4.20. The number of nitrogen functional groups attached to an aromatic ring is 1. The molecule has 2 aromatic heterocycles. The molecule has 0 saturated heterocycles. The summed E-state index contributed by atoms with van der Waals surface area (Å²) >= 11 is 6.29. The number of imide groups is 1. The lowest BCUT2D eigenvalue weighted by molar-refractivity contribution is 0.0880. The minimum Gasteiger partial charge on any atom is -0.384 e. The Hall–Kier alpha value is -3.39. The second-order valence-corrected chi connectivity index (χ2v) is 5.77. The van der Waals surface area contributed by atoms with Gasteiger partial charge in [0.05, 0.1) is 27.5 Å². The van der Waals surface area contributed by atoms with E-state index in [1.54, 1.807) is 35.3 Å². The Morgan fingerprint density at radius 3 is 2.60 bits per heavy atom. The highest BCUT2D eigenvalue weighted by molar-refractivity contribution is 6.32. The summed E-state index contributed by atoms with van der Waals surface area (Å²) < 4.78 is 2.71. The lowest BCUT2D eigenvalue weighted by Crippen LogP contribution is -2.24. The Balaban J connectivity index is 1.91. The fraction of sp³-hybridized carbons (Fsp3) is 0. The molecule has 0 saturated carbocycles. The maximum atomic E-state index is 12.4. The predicted octanol–water partition coefficient (Wildman–Crippen LogP) is 1.14. The van der Waals surface area contributed by atoms with Crippen LogP contribution in [0.15, 0.2) is 47.5 Å². The first-order valence-corrected chi connectivity index (χ1v) is 7.56. The van der Waals surface area contributed by atoms with Gasteiger partial charge >= 0.3 is 0 Å². The van der Waals surface area contributed by atoms with Crippen molar-refractivity contribution in [1.29, 1.82) is 0 Å². The molecule has 8 nitrogen and oxygen atoms in total. The molecule has 0 atom stereocenters. The summed E-state index contributed by atoms with van der Waals surface area (Å²) in [5, 5.41) is 6.56. The van der Waals surface area contributed by atoms with E-state index in [0.29, 0.717) is 16.4 Å². The van der Waals surface area contributed by atoms with E-state index in [0.717, 1.165) is 10.6 Å². The quantitative estimate of drug-likeness (QED) is 0.669. The molecule has 4 rings (SSSR count). The fourth-order valence-corrected chi connectivity index (χ4v) is 3.04. The zero-order chi connectivity index (χ0) is 17.7. The van der Waals surface area contributed by atoms with Crippen molar-refractivity contribution in [3.05, 3.63) is 69.2 Å². The van der Waals surface area contributed by atoms with Crippen LogP contribution in [-0.4, -0.2) is 26.2 Å². The highest BCUT2D eigenvalue weighted by Crippen LogP contribution is 2.26. The molecule has 3 aromatic rings. The van der Waals surface area contributed by atoms with Gasteiger partial charge in [-0.2, -0.15) is 5.10 Å². The number of aromatic nitrogens is 3. The number of amides is 2. The van der Waals surface area contributed by atoms with E-state index in [9.17, 15) is 14.4 Å². The number of rotatable bonds is 2. The fourth-order valence-electron chi connectivity index (χ4n) is 2.78. The highest BCUT2D eigenvalue weighted by atomic mass is 35.5. The molecular weight excluding hydrogens is 346 g/mol. The van der Waals surface area contributed by atoms with Crippen molar-refractivity contribution in [2.75, 3.05) is 5.73 Å². The van der Waals surface area contributed by atoms with Crippen molar-refractivity contribution in [3.63, 3.8) is 0 Å². The number of hydrogen-bond acceptors (Lipinski definition) is 5. The third-order valence-electron chi connectivity index (χ3n) is 3.89. The zero-order valence-corrected chi connectivity index (χ0v) is 13.3. The van der Waals surface area contributed by atoms with Crippen molar-refractivity contribution >= 4 is 29.2 Å². The number of carbonyl (C=O) groups is 2. The van der Waals surface area contributed by atoms with E-state index >= 15 is 0 Å². The number of nitrogens with zero attached hydrogens (tertiary/aromatic N) is 3. The van der Waals surface area contributed by atoms with Crippen LogP contribution in [0.3, 0.4) is 0 Å². The number of nitrogens with two attached hydrogens (primary N) is 1. The number of benzene rings is 1. The number of hydrogen-bond donors (Lipinski definition) is 2. The van der Waals surface area contributed by atoms with Crippen LogP contribution in [0.25, 0.3) is 11.4 Å². The van der Waals surface area contributed by atoms with Gasteiger partial charge in [-0.25, -0.2) is 4.68 Å². The minimum atomic E-state index is -0.636. The highest BCUT2D eigenvalue weighted by Gasteiger charge is 2.31. The molecule has 124 valence electrons. The topological polar surface area (TPSA) is 112 Å². The van der Waals surface area contributed by atoms with Crippen LogP contribution in [0.4, 0.5) is 5.82 Å². The Morgan fingerprint density at radius 1 is 1.12 bits per heavy atom. The van der Waals surface area contributed by atoms with E-state index in [2.05, 4.69) is 10.4 Å². The lowest BCUT2D eigenvalue weighted by atomic mass is 10.1. The van der Waals surface area contributed by atoms with Gasteiger partial charge in [0.15, 0.2) is 0 Å². The number of anilines is 1. The second-order valence-electron chi connectivity index (χ2n) is 5.36. The van der Waals surface area contributed by atoms with Crippen LogP contribution in [0.2, 0.25) is 5.02 Å². The van der Waals surface area contributed by atoms with Gasteiger partial charge in [0.25, 0.3) is 17.4 Å². The van der Waals surface area contributed by atoms with Crippen LogP contribution in [0.1, 0.15) is 20.7 Å². The van der Waals surface area contributed by atoms with Crippen LogP contribution >= 0.6 is 11.6 Å². The summed E-state index contributed by atoms with van der Waals surface area (Å²) in [6.07, 6.45) is 3.34. The molecule has 1 aromatic carbocycles. The first kappa shape index (κ1) is 15.2. The van der Waals surface area contributed by atoms with Gasteiger partial charge in [0.1, 0.15) is 5.82 Å². The predicted molar refractivity (Wildman–Crippen MR) is 90.4 cm³/mol. The Labute approximate surface area is 145 Å². The summed E-state index contributed by atoms with van der Waals surface area (Å²) in [5.41, 5.74) is 6.41. The summed E-state index contributed by atoms with van der Waals surface area (Å²) in [4.78, 5) is 36.0. The molecule has 25 heavy (non-hydrogen) atoms. The molecule has 0 fully saturated rings. The normalized spacial score (nSPS) is 13.0. The lowest BCUT2D eigenvalue weighted by Gasteiger charge is -2.13. The summed E-state index contributed by atoms with van der Waals surface area (Å²) in [6, 6.07) is 7.68. The number of halogens is 1. The monoisotopic (exact) mass is 355 g/mol. The van der Waals surface area contributed by atoms with Crippen molar-refractivity contribution in [2.45, 2.75) is 0 Å². The third kappa shape index (κ3) is 2.23. The Morgan fingerprint density at radius 2 is 1.92 bits per heavy atom. The van der Waals surface area contributed by atoms with Crippen LogP contribution in [-0.2, 0) is 0 Å². The van der Waals surface area contributed by atoms with Gasteiger partial charge in [-0.05, 0) is 24.3 Å². The maximum absolute atomic E-state index is 12.4. The Kier molecular flexibility index (Phi) is 3.22. The van der Waals surface area contributed by atoms with Crippen LogP contribution in [0, 0.1) is 0 Å². The van der Waals surface area contributed by atoms with Gasteiger partial charge < -0.3 is 5.73 Å². The van der Waals surface area contributed by atoms with Crippen molar-refractivity contribution < 1.29 is 9.59 Å². The first-order chi connectivity index (χ1) is 12.0. The first-order valence-electron chi connectivity index (χ1n) is 7.18. The van der Waals surface area contributed by atoms with E-state index in [4.69, 9.17) is 17.3 Å². The molecule has 3 heterocycles. The van der Waals surface area contributed by atoms with Crippen molar-refractivity contribution in [1.82, 2.24) is 19.7 Å². The average Bonchev–Trinajstić information content (AvgIpc) is 3.16. The zero-order valence-electron chi connectivity index (χ0n) is 12.6. The number of fused-ring (bicyclic) bond motifs is 1. The summed E-state index contributed by atoms with van der Waals surface area (Å²) in [6.45, 7) is 0. The van der Waals surface area contributed by atoms with Crippen LogP contribution in [0.5, 0.6) is 0 Å². The standard InChI is InChI=1S/C16H10ClN5O3/c17-10-6-8(2-3-11(10)21-5-1-4-19-21)22-12(23)7-9-13(14(22)18)16(25)20-15(9)24/h1-7H,18H2,(H,20,24,25). The molecular formula is C16H10ClN5O3. The van der Waals surface area contributed by atoms with Gasteiger partial charge in [-0.1, -0.05) is 11.6 Å². The number of pyridine rings is 1. The average molecular weight is 356 g/mol. The largest absolute Gasteiger partial charge is 0.384 e. The van der Waals surface area contributed by atoms with Crippen LogP contribution < -0.4 is 16.6 Å². The molecule has 3 N–H and O–H groups in total. The van der Waals surface area contributed by atoms with Crippen molar-refractivity contribution in [3.8, 4) is 11.4 Å². The molecule has 0 radical (unpaired) electrons. The number of nitrogens with one attached hydrogen (secondary N) is 1. The Bertz CT molecular complexity index is 1100. The number of carbonyl (C=O) groups excluding carboxylic acids is 2. The smallest absolute Gasteiger partial charge is 0.262 e. The molecule has 1 aliphatic rings. The molecule has 2 amide bonds. The van der Waals surface area contributed by atoms with Gasteiger partial charge in [-0.15, -0.1) is 0 Å². The van der Waals surface area contributed by atoms with E-state index in [1.807, 2.05) is 0 Å². The second kappa shape index (κ2) is 5.32. The minimum absolute atomic E-state index is 0.0168. The summed E-state index contributed by atoms with van der Waals surface area (Å²) in [5.74, 6) is -1.39. The molecule has 9 heteroatoms. The van der Waals surface area contributed by atoms with Gasteiger partial charge in [0.2, 0.25) is 0 Å². The molecule has 1 aliphatic heterocycles. The van der Waals surface area contributed by atoms with E-state index in [1.165, 1.54) is 6.07 Å². The molecule has 0 unspecified atom stereocenters. The van der Waals surface area contributed by atoms with Gasteiger partial charge in [-0.3, -0.25) is 24.3 Å². The molecule has 0 bridgehead atoms.